The van der Waals surface area contributed by atoms with Crippen LogP contribution < -0.4 is 0 Å². The predicted molar refractivity (Wildman–Crippen MR) is 103 cm³/mol. The van der Waals surface area contributed by atoms with Crippen molar-refractivity contribution in [2.24, 2.45) is 0 Å². The van der Waals surface area contributed by atoms with Gasteiger partial charge in [0.1, 0.15) is 5.56 Å². The quantitative estimate of drug-likeness (QED) is 0.771. The number of aromatic hydroxyl groups is 1. The predicted octanol–water partition coefficient (Wildman–Crippen LogP) is 2.27. The lowest BCUT2D eigenvalue weighted by molar-refractivity contribution is 0.0661. The van der Waals surface area contributed by atoms with Crippen molar-refractivity contribution in [1.29, 1.82) is 0 Å². The highest BCUT2D eigenvalue weighted by atomic mass is 16.3. The Morgan fingerprint density at radius 2 is 1.93 bits per heavy atom. The van der Waals surface area contributed by atoms with Crippen molar-refractivity contribution in [1.82, 2.24) is 24.4 Å². The van der Waals surface area contributed by atoms with Crippen LogP contribution >= 0.6 is 0 Å². The molecule has 0 atom stereocenters. The molecule has 1 aliphatic heterocycles. The number of rotatable bonds is 3. The number of amides is 1. The molecule has 1 N–H and O–H groups in total. The highest BCUT2D eigenvalue weighted by molar-refractivity contribution is 6.00. The number of carbonyl (C=O) groups excluding carboxylic acids is 1. The number of hydrogen-bond acceptors (Lipinski definition) is 5. The van der Waals surface area contributed by atoms with Crippen molar-refractivity contribution in [3.05, 3.63) is 48.2 Å². The fourth-order valence-electron chi connectivity index (χ4n) is 3.59. The smallest absolute Gasteiger partial charge is 0.259 e. The molecular formula is C20H23N5O2. The highest BCUT2D eigenvalue weighted by Crippen LogP contribution is 2.25. The van der Waals surface area contributed by atoms with Crippen LogP contribution in [0.3, 0.4) is 0 Å². The molecule has 27 heavy (non-hydrogen) atoms. The zero-order chi connectivity index (χ0) is 19.0. The number of piperidine rings is 1. The first-order chi connectivity index (χ1) is 13.0. The molecule has 3 heterocycles. The number of nitrogens with zero attached hydrogens (tertiary/aromatic N) is 5. The molecule has 2 aromatic heterocycles. The summed E-state index contributed by atoms with van der Waals surface area (Å²) in [7, 11) is 3.93. The fraction of sp³-hybridized carbons (Fsp3) is 0.350. The lowest BCUT2D eigenvalue weighted by atomic mass is 10.0. The van der Waals surface area contributed by atoms with Crippen LogP contribution in [0.4, 0.5) is 0 Å². The number of carbonyl (C=O) groups is 1. The summed E-state index contributed by atoms with van der Waals surface area (Å²) >= 11 is 0. The van der Waals surface area contributed by atoms with E-state index in [0.717, 1.165) is 31.5 Å². The van der Waals surface area contributed by atoms with E-state index in [0.29, 0.717) is 16.9 Å². The maximum Gasteiger partial charge on any atom is 0.259 e. The van der Waals surface area contributed by atoms with E-state index < -0.39 is 0 Å². The normalized spacial score (nSPS) is 15.9. The number of hydrogen-bond donors (Lipinski definition) is 1. The first-order valence-corrected chi connectivity index (χ1v) is 9.13. The van der Waals surface area contributed by atoms with Gasteiger partial charge in [-0.2, -0.15) is 9.61 Å². The van der Waals surface area contributed by atoms with Gasteiger partial charge in [-0.3, -0.25) is 4.79 Å². The van der Waals surface area contributed by atoms with E-state index in [1.807, 2.05) is 37.4 Å². The average Bonchev–Trinajstić information content (AvgIpc) is 3.13. The van der Waals surface area contributed by atoms with Crippen LogP contribution in [0.5, 0.6) is 5.88 Å². The van der Waals surface area contributed by atoms with E-state index in [9.17, 15) is 9.90 Å². The van der Waals surface area contributed by atoms with E-state index in [4.69, 9.17) is 0 Å². The third-order valence-corrected chi connectivity index (χ3v) is 5.31. The van der Waals surface area contributed by atoms with Crippen LogP contribution in [0.2, 0.25) is 0 Å². The molecule has 0 unspecified atom stereocenters. The molecule has 0 bridgehead atoms. The zero-order valence-corrected chi connectivity index (χ0v) is 15.5. The van der Waals surface area contributed by atoms with Gasteiger partial charge in [-0.25, -0.2) is 4.98 Å². The molecule has 4 rings (SSSR count). The van der Waals surface area contributed by atoms with Gasteiger partial charge in [0.15, 0.2) is 5.65 Å². The maximum atomic E-state index is 13.1. The largest absolute Gasteiger partial charge is 0.493 e. The number of fused-ring (bicyclic) bond motifs is 1. The molecule has 0 spiro atoms. The summed E-state index contributed by atoms with van der Waals surface area (Å²) in [4.78, 5) is 21.8. The van der Waals surface area contributed by atoms with Crippen LogP contribution in [0.25, 0.3) is 16.9 Å². The van der Waals surface area contributed by atoms with Gasteiger partial charge < -0.3 is 14.9 Å². The second kappa shape index (κ2) is 7.00. The minimum atomic E-state index is -0.114. The number of aromatic nitrogens is 3. The Bertz CT molecular complexity index is 961. The maximum absolute atomic E-state index is 13.1. The van der Waals surface area contributed by atoms with E-state index >= 15 is 0 Å². The summed E-state index contributed by atoms with van der Waals surface area (Å²) in [5, 5.41) is 14.5. The van der Waals surface area contributed by atoms with Crippen LogP contribution in [-0.2, 0) is 0 Å². The van der Waals surface area contributed by atoms with Crippen LogP contribution in [0.1, 0.15) is 23.2 Å². The van der Waals surface area contributed by atoms with Crippen molar-refractivity contribution < 1.29 is 9.90 Å². The van der Waals surface area contributed by atoms with Crippen LogP contribution in [-0.4, -0.2) is 68.6 Å². The molecule has 0 saturated carbocycles. The van der Waals surface area contributed by atoms with Crippen LogP contribution in [0, 0.1) is 0 Å². The van der Waals surface area contributed by atoms with Crippen LogP contribution in [0.15, 0.2) is 42.6 Å². The molecule has 7 heteroatoms. The molecular weight excluding hydrogens is 342 g/mol. The lowest BCUT2D eigenvalue weighted by Gasteiger charge is -2.34. The van der Waals surface area contributed by atoms with Crippen molar-refractivity contribution in [3.8, 4) is 17.1 Å². The van der Waals surface area contributed by atoms with Gasteiger partial charge in [0.05, 0.1) is 11.9 Å². The van der Waals surface area contributed by atoms with Gasteiger partial charge in [0.2, 0.25) is 5.88 Å². The molecule has 1 aromatic carbocycles. The summed E-state index contributed by atoms with van der Waals surface area (Å²) in [6, 6.07) is 11.3. The van der Waals surface area contributed by atoms with Crippen molar-refractivity contribution in [2.75, 3.05) is 27.2 Å². The average molecular weight is 365 g/mol. The van der Waals surface area contributed by atoms with Gasteiger partial charge in [0.25, 0.3) is 5.91 Å². The van der Waals surface area contributed by atoms with Gasteiger partial charge >= 0.3 is 0 Å². The molecule has 7 nitrogen and oxygen atoms in total. The molecule has 0 radical (unpaired) electrons. The van der Waals surface area contributed by atoms with Gasteiger partial charge in [0, 0.05) is 24.7 Å². The van der Waals surface area contributed by atoms with Crippen molar-refractivity contribution >= 4 is 11.6 Å². The van der Waals surface area contributed by atoms with E-state index in [2.05, 4.69) is 22.0 Å². The Hall–Kier alpha value is -2.93. The first-order valence-electron chi connectivity index (χ1n) is 9.13. The molecule has 1 fully saturated rings. The number of benzene rings is 1. The minimum Gasteiger partial charge on any atom is -0.493 e. The van der Waals surface area contributed by atoms with Crippen molar-refractivity contribution in [3.63, 3.8) is 0 Å². The fourth-order valence-corrected chi connectivity index (χ4v) is 3.59. The minimum absolute atomic E-state index is 0.0418. The SMILES string of the molecule is CN1CCC(N(C)C(=O)c2cnn3c(O)cc(-c4ccccc4)nc23)CC1. The molecule has 3 aromatic rings. The van der Waals surface area contributed by atoms with Gasteiger partial charge in [-0.15, -0.1) is 0 Å². The summed E-state index contributed by atoms with van der Waals surface area (Å²) < 4.78 is 1.31. The Kier molecular flexibility index (Phi) is 4.53. The Morgan fingerprint density at radius 1 is 1.22 bits per heavy atom. The molecule has 0 aliphatic carbocycles. The summed E-state index contributed by atoms with van der Waals surface area (Å²) in [6.07, 6.45) is 3.39. The monoisotopic (exact) mass is 365 g/mol. The zero-order valence-electron chi connectivity index (χ0n) is 15.5. The highest BCUT2D eigenvalue weighted by Gasteiger charge is 2.27. The Morgan fingerprint density at radius 3 is 2.63 bits per heavy atom. The topological polar surface area (TPSA) is 74.0 Å². The Balaban J connectivity index is 1.69. The second-order valence-electron chi connectivity index (χ2n) is 7.11. The van der Waals surface area contributed by atoms with Crippen molar-refractivity contribution in [2.45, 2.75) is 18.9 Å². The lowest BCUT2D eigenvalue weighted by Crippen LogP contribution is -2.44. The first kappa shape index (κ1) is 17.5. The summed E-state index contributed by atoms with van der Waals surface area (Å²) in [5.74, 6) is -0.156. The summed E-state index contributed by atoms with van der Waals surface area (Å²) in [6.45, 7) is 1.96. The summed E-state index contributed by atoms with van der Waals surface area (Å²) in [5.41, 5.74) is 2.26. The van der Waals surface area contributed by atoms with E-state index in [1.54, 1.807) is 11.0 Å². The molecule has 1 amide bonds. The molecule has 1 saturated heterocycles. The number of likely N-dealkylation sites (tertiary alicyclic amines) is 1. The standard InChI is InChI=1S/C20H23N5O2/c1-23-10-8-15(9-11-23)24(2)20(27)16-13-21-25-18(26)12-17(22-19(16)25)14-6-4-3-5-7-14/h3-7,12-13,15,26H,8-11H2,1-2H3. The van der Waals surface area contributed by atoms with Gasteiger partial charge in [-0.1, -0.05) is 30.3 Å². The second-order valence-corrected chi connectivity index (χ2v) is 7.11. The van der Waals surface area contributed by atoms with E-state index in [1.165, 1.54) is 10.7 Å². The molecule has 1 aliphatic rings. The molecule has 140 valence electrons. The third-order valence-electron chi connectivity index (χ3n) is 5.31. The third kappa shape index (κ3) is 3.26. The van der Waals surface area contributed by atoms with Gasteiger partial charge in [-0.05, 0) is 33.0 Å². The Labute approximate surface area is 157 Å². The van der Waals surface area contributed by atoms with E-state index in [-0.39, 0.29) is 17.8 Å².